The molecule has 1 aromatic carbocycles. The lowest BCUT2D eigenvalue weighted by molar-refractivity contribution is -0.122. The van der Waals surface area contributed by atoms with E-state index >= 15 is 0 Å². The molecule has 0 radical (unpaired) electrons. The van der Waals surface area contributed by atoms with Gasteiger partial charge < -0.3 is 20.3 Å². The molecule has 32 heavy (non-hydrogen) atoms. The molecule has 0 aromatic heterocycles. The average Bonchev–Trinajstić information content (AvgIpc) is 2.78. The number of nitrogens with zero attached hydrogens (tertiary/aromatic N) is 4. The normalized spacial score (nSPS) is 15.9. The lowest BCUT2D eigenvalue weighted by atomic mass is 10.1. The van der Waals surface area contributed by atoms with Gasteiger partial charge in [0.25, 0.3) is 0 Å². The number of amides is 1. The molecule has 0 spiro atoms. The van der Waals surface area contributed by atoms with E-state index in [-0.39, 0.29) is 29.9 Å². The van der Waals surface area contributed by atoms with E-state index < -0.39 is 0 Å². The predicted octanol–water partition coefficient (Wildman–Crippen LogP) is 1.47. The average molecular weight is 561 g/mol. The summed E-state index contributed by atoms with van der Waals surface area (Å²) in [5, 5.41) is 6.40. The second-order valence-corrected chi connectivity index (χ2v) is 8.12. The topological polar surface area (TPSA) is 72.4 Å². The maximum Gasteiger partial charge on any atom is 0.234 e. The molecular formula is C23H41IN6O2. The molecule has 2 rings (SSSR count). The van der Waals surface area contributed by atoms with Crippen LogP contribution in [0.25, 0.3) is 0 Å². The van der Waals surface area contributed by atoms with E-state index in [2.05, 4.69) is 74.6 Å². The predicted molar refractivity (Wildman–Crippen MR) is 142 cm³/mol. The molecule has 1 fully saturated rings. The molecule has 1 unspecified atom stereocenters. The lowest BCUT2D eigenvalue weighted by Crippen LogP contribution is -2.54. The Kier molecular flexibility index (Phi) is 14.5. The van der Waals surface area contributed by atoms with Crippen molar-refractivity contribution in [2.24, 2.45) is 4.99 Å². The van der Waals surface area contributed by atoms with Crippen LogP contribution in [0.2, 0.25) is 0 Å². The van der Waals surface area contributed by atoms with E-state index in [1.807, 2.05) is 7.05 Å². The highest BCUT2D eigenvalue weighted by atomic mass is 127. The van der Waals surface area contributed by atoms with Crippen molar-refractivity contribution in [3.63, 3.8) is 0 Å². The molecule has 1 aliphatic rings. The Morgan fingerprint density at radius 2 is 1.84 bits per heavy atom. The molecule has 1 atom stereocenters. The molecule has 1 aromatic rings. The second-order valence-electron chi connectivity index (χ2n) is 8.12. The molecule has 2 N–H and O–H groups in total. The summed E-state index contributed by atoms with van der Waals surface area (Å²) in [6.45, 7) is 9.10. The number of rotatable bonds is 11. The fraction of sp³-hybridized carbons (Fsp3) is 0.652. The van der Waals surface area contributed by atoms with Crippen LogP contribution in [0.4, 0.5) is 0 Å². The van der Waals surface area contributed by atoms with Crippen molar-refractivity contribution in [2.45, 2.75) is 25.9 Å². The van der Waals surface area contributed by atoms with Crippen molar-refractivity contribution in [1.29, 1.82) is 0 Å². The summed E-state index contributed by atoms with van der Waals surface area (Å²) in [6, 6.07) is 11.1. The number of aliphatic imine (C=N–C) groups is 1. The number of carbonyl (C=O) groups excluding carboxylic acids is 1. The fourth-order valence-electron chi connectivity index (χ4n) is 3.64. The number of methoxy groups -OCH3 is 1. The highest BCUT2D eigenvalue weighted by molar-refractivity contribution is 14.0. The first-order valence-corrected chi connectivity index (χ1v) is 11.2. The standard InChI is InChI=1S/C23H40N6O2.HI/c1-20(27(3)18-21-8-6-5-7-9-21)10-11-26-23(24-2)29-15-13-28(14-16-29)19-22(30)25-12-17-31-4;/h5-9,20H,10-19H2,1-4H3,(H,24,26)(H,25,30);1H. The molecular weight excluding hydrogens is 519 g/mol. The van der Waals surface area contributed by atoms with Crippen LogP contribution in [0.3, 0.4) is 0 Å². The molecule has 0 bridgehead atoms. The van der Waals surface area contributed by atoms with Gasteiger partial charge in [-0.3, -0.25) is 19.6 Å². The highest BCUT2D eigenvalue weighted by Crippen LogP contribution is 2.08. The third kappa shape index (κ3) is 10.5. The van der Waals surface area contributed by atoms with Gasteiger partial charge in [-0.05, 0) is 26.0 Å². The van der Waals surface area contributed by atoms with Gasteiger partial charge in [0.1, 0.15) is 0 Å². The van der Waals surface area contributed by atoms with E-state index in [4.69, 9.17) is 4.74 Å². The Balaban J connectivity index is 0.00000512. The molecule has 8 nitrogen and oxygen atoms in total. The summed E-state index contributed by atoms with van der Waals surface area (Å²) >= 11 is 0. The van der Waals surface area contributed by atoms with Crippen molar-refractivity contribution in [3.8, 4) is 0 Å². The molecule has 9 heteroatoms. The Morgan fingerprint density at radius 3 is 2.47 bits per heavy atom. The number of hydrogen-bond acceptors (Lipinski definition) is 5. The monoisotopic (exact) mass is 560 g/mol. The third-order valence-corrected chi connectivity index (χ3v) is 5.75. The van der Waals surface area contributed by atoms with E-state index in [0.717, 1.165) is 51.6 Å². The van der Waals surface area contributed by atoms with Crippen molar-refractivity contribution in [3.05, 3.63) is 35.9 Å². The van der Waals surface area contributed by atoms with Gasteiger partial charge in [-0.15, -0.1) is 24.0 Å². The number of piperazine rings is 1. The number of nitrogens with one attached hydrogen (secondary N) is 2. The van der Waals surface area contributed by atoms with Gasteiger partial charge in [0, 0.05) is 66.0 Å². The van der Waals surface area contributed by atoms with Gasteiger partial charge in [0.2, 0.25) is 5.91 Å². The maximum absolute atomic E-state index is 12.0. The SMILES string of the molecule is CN=C(NCCC(C)N(C)Cc1ccccc1)N1CCN(CC(=O)NCCOC)CC1.I. The van der Waals surface area contributed by atoms with Gasteiger partial charge in [0.05, 0.1) is 13.2 Å². The first kappa shape index (κ1) is 28.6. The first-order chi connectivity index (χ1) is 15.0. The quantitative estimate of drug-likeness (QED) is 0.185. The summed E-state index contributed by atoms with van der Waals surface area (Å²) in [6.07, 6.45) is 1.05. The van der Waals surface area contributed by atoms with Gasteiger partial charge in [0.15, 0.2) is 5.96 Å². The molecule has 1 amide bonds. The summed E-state index contributed by atoms with van der Waals surface area (Å²) in [5.74, 6) is 1.00. The summed E-state index contributed by atoms with van der Waals surface area (Å²) in [4.78, 5) is 23.3. The Hall–Kier alpha value is -1.43. The second kappa shape index (κ2) is 16.2. The van der Waals surface area contributed by atoms with E-state index in [1.165, 1.54) is 5.56 Å². The molecule has 1 saturated heterocycles. The van der Waals surface area contributed by atoms with E-state index in [9.17, 15) is 4.79 Å². The summed E-state index contributed by atoms with van der Waals surface area (Å²) in [7, 11) is 5.65. The van der Waals surface area contributed by atoms with Crippen molar-refractivity contribution in [1.82, 2.24) is 25.3 Å². The number of guanidine groups is 1. The van der Waals surface area contributed by atoms with Crippen LogP contribution in [-0.4, -0.2) is 106 Å². The van der Waals surface area contributed by atoms with Crippen LogP contribution in [0.1, 0.15) is 18.9 Å². The minimum absolute atomic E-state index is 0. The number of ether oxygens (including phenoxy) is 1. The van der Waals surface area contributed by atoms with Crippen LogP contribution in [0, 0.1) is 0 Å². The molecule has 1 heterocycles. The Bertz CT molecular complexity index is 668. The minimum Gasteiger partial charge on any atom is -0.383 e. The fourth-order valence-corrected chi connectivity index (χ4v) is 3.64. The molecule has 182 valence electrons. The number of halogens is 1. The van der Waals surface area contributed by atoms with Crippen molar-refractivity contribution in [2.75, 3.05) is 73.6 Å². The maximum atomic E-state index is 12.0. The van der Waals surface area contributed by atoms with Crippen LogP contribution in [0.5, 0.6) is 0 Å². The Morgan fingerprint density at radius 1 is 1.16 bits per heavy atom. The van der Waals surface area contributed by atoms with Crippen molar-refractivity contribution >= 4 is 35.8 Å². The zero-order chi connectivity index (χ0) is 22.5. The molecule has 0 aliphatic carbocycles. The van der Waals surface area contributed by atoms with Crippen LogP contribution >= 0.6 is 24.0 Å². The van der Waals surface area contributed by atoms with Gasteiger partial charge in [-0.25, -0.2) is 0 Å². The molecule has 1 aliphatic heterocycles. The molecule has 0 saturated carbocycles. The summed E-state index contributed by atoms with van der Waals surface area (Å²) in [5.41, 5.74) is 1.34. The van der Waals surface area contributed by atoms with Gasteiger partial charge >= 0.3 is 0 Å². The zero-order valence-corrected chi connectivity index (χ0v) is 22.4. The van der Waals surface area contributed by atoms with Crippen molar-refractivity contribution < 1.29 is 9.53 Å². The summed E-state index contributed by atoms with van der Waals surface area (Å²) < 4.78 is 4.96. The first-order valence-electron chi connectivity index (χ1n) is 11.2. The van der Waals surface area contributed by atoms with E-state index in [1.54, 1.807) is 7.11 Å². The van der Waals surface area contributed by atoms with Gasteiger partial charge in [-0.1, -0.05) is 30.3 Å². The zero-order valence-electron chi connectivity index (χ0n) is 20.0. The van der Waals surface area contributed by atoms with E-state index in [0.29, 0.717) is 25.7 Å². The van der Waals surface area contributed by atoms with Crippen LogP contribution < -0.4 is 10.6 Å². The number of benzene rings is 1. The van der Waals surface area contributed by atoms with Crippen LogP contribution in [-0.2, 0) is 16.1 Å². The highest BCUT2D eigenvalue weighted by Gasteiger charge is 2.21. The van der Waals surface area contributed by atoms with Gasteiger partial charge in [-0.2, -0.15) is 0 Å². The number of hydrogen-bond donors (Lipinski definition) is 2. The van der Waals surface area contributed by atoms with Crippen LogP contribution in [0.15, 0.2) is 35.3 Å². The number of carbonyl (C=O) groups is 1. The minimum atomic E-state index is 0. The smallest absolute Gasteiger partial charge is 0.234 e. The third-order valence-electron chi connectivity index (χ3n) is 5.75. The lowest BCUT2D eigenvalue weighted by Gasteiger charge is -2.36. The Labute approximate surface area is 210 Å². The largest absolute Gasteiger partial charge is 0.383 e.